The van der Waals surface area contributed by atoms with Gasteiger partial charge in [0.25, 0.3) is 0 Å². The normalized spacial score (nSPS) is 13.3. The summed E-state index contributed by atoms with van der Waals surface area (Å²) in [6.07, 6.45) is 0. The van der Waals surface area contributed by atoms with Crippen molar-refractivity contribution in [1.29, 1.82) is 0 Å². The van der Waals surface area contributed by atoms with Crippen LogP contribution in [0.3, 0.4) is 0 Å². The second-order valence-corrected chi connectivity index (χ2v) is 7.85. The summed E-state index contributed by atoms with van der Waals surface area (Å²) in [5, 5.41) is 13.8. The molecular formula is C28H35N5NiO2. The molecule has 7 nitrogen and oxygen atoms in total. The number of hydrogen-bond acceptors (Lipinski definition) is 7. The molecule has 4 atom stereocenters. The Labute approximate surface area is 223 Å². The summed E-state index contributed by atoms with van der Waals surface area (Å²) in [6, 6.07) is 39.1. The van der Waals surface area contributed by atoms with Crippen molar-refractivity contribution >= 4 is 0 Å². The second kappa shape index (κ2) is 17.5. The SMILES string of the molecule is NC(c1ccccc1)C(N)c1ccccc1.NC(c1ccccc1)C(N)c1ccccc1.ONO.[Ni]. The fourth-order valence-corrected chi connectivity index (χ4v) is 3.53. The summed E-state index contributed by atoms with van der Waals surface area (Å²) in [4.78, 5) is 0. The van der Waals surface area contributed by atoms with Crippen LogP contribution in [-0.4, -0.2) is 10.4 Å². The third kappa shape index (κ3) is 9.99. The monoisotopic (exact) mass is 531 g/mol. The third-order valence-corrected chi connectivity index (χ3v) is 5.51. The molecule has 0 spiro atoms. The molecule has 0 aliphatic rings. The van der Waals surface area contributed by atoms with E-state index in [1.807, 2.05) is 121 Å². The molecule has 4 aromatic rings. The van der Waals surface area contributed by atoms with E-state index < -0.39 is 0 Å². The van der Waals surface area contributed by atoms with Gasteiger partial charge in [0.15, 0.2) is 0 Å². The first-order valence-corrected chi connectivity index (χ1v) is 11.2. The first-order chi connectivity index (χ1) is 17.0. The molecule has 0 saturated heterocycles. The van der Waals surface area contributed by atoms with Gasteiger partial charge in [-0.3, -0.25) is 10.4 Å². The van der Waals surface area contributed by atoms with Crippen molar-refractivity contribution in [3.05, 3.63) is 144 Å². The van der Waals surface area contributed by atoms with Crippen molar-refractivity contribution < 1.29 is 26.9 Å². The Morgan fingerprint density at radius 2 is 0.528 bits per heavy atom. The molecular weight excluding hydrogens is 497 g/mol. The van der Waals surface area contributed by atoms with E-state index in [0.717, 1.165) is 27.9 Å². The van der Waals surface area contributed by atoms with Gasteiger partial charge in [-0.2, -0.15) is 0 Å². The minimum atomic E-state index is -0.163. The van der Waals surface area contributed by atoms with Crippen LogP contribution in [0.15, 0.2) is 121 Å². The standard InChI is InChI=1S/2C14H16N2.H3NO2.Ni/c2*15-13(11-7-3-1-4-8-11)14(16)12-9-5-2-6-10-12;2-1-3;/h2*1-10,13-14H,15-16H2;1-3H;. The largest absolute Gasteiger partial charge is 0.322 e. The van der Waals surface area contributed by atoms with Gasteiger partial charge >= 0.3 is 0 Å². The van der Waals surface area contributed by atoms with E-state index >= 15 is 0 Å². The molecule has 0 aliphatic carbocycles. The fourth-order valence-electron chi connectivity index (χ4n) is 3.53. The molecule has 0 aromatic heterocycles. The molecule has 0 aliphatic heterocycles. The minimum Gasteiger partial charge on any atom is -0.322 e. The maximum Gasteiger partial charge on any atom is 0.0491 e. The van der Waals surface area contributed by atoms with E-state index in [1.54, 1.807) is 0 Å². The average molecular weight is 532 g/mol. The van der Waals surface area contributed by atoms with Gasteiger partial charge in [-0.15, -0.1) is 0 Å². The van der Waals surface area contributed by atoms with E-state index in [1.165, 1.54) is 0 Å². The van der Waals surface area contributed by atoms with Gasteiger partial charge in [-0.25, -0.2) is 0 Å². The van der Waals surface area contributed by atoms with Crippen LogP contribution < -0.4 is 28.6 Å². The number of nitrogens with two attached hydrogens (primary N) is 4. The molecule has 11 N–H and O–H groups in total. The van der Waals surface area contributed by atoms with Crippen molar-refractivity contribution in [1.82, 2.24) is 5.64 Å². The molecule has 4 aromatic carbocycles. The van der Waals surface area contributed by atoms with Gasteiger partial charge in [0, 0.05) is 40.7 Å². The first kappa shape index (κ1) is 31.1. The number of benzene rings is 4. The Bertz CT molecular complexity index is 886. The molecule has 0 bridgehead atoms. The maximum atomic E-state index is 6.88. The summed E-state index contributed by atoms with van der Waals surface area (Å²) >= 11 is 0. The Morgan fingerprint density at radius 1 is 0.389 bits per heavy atom. The number of nitrogens with one attached hydrogen (secondary N) is 1. The van der Waals surface area contributed by atoms with Crippen LogP contribution >= 0.6 is 0 Å². The van der Waals surface area contributed by atoms with Gasteiger partial charge in [0.05, 0.1) is 0 Å². The average Bonchev–Trinajstić information content (AvgIpc) is 2.94. The second-order valence-electron chi connectivity index (χ2n) is 7.85. The molecule has 0 saturated carbocycles. The van der Waals surface area contributed by atoms with Crippen molar-refractivity contribution in [3.8, 4) is 0 Å². The van der Waals surface area contributed by atoms with Crippen LogP contribution in [0.1, 0.15) is 46.4 Å². The van der Waals surface area contributed by atoms with Gasteiger partial charge in [-0.05, 0) is 22.3 Å². The van der Waals surface area contributed by atoms with E-state index in [0.29, 0.717) is 0 Å². The molecule has 8 heteroatoms. The van der Waals surface area contributed by atoms with E-state index in [-0.39, 0.29) is 40.7 Å². The van der Waals surface area contributed by atoms with E-state index in [2.05, 4.69) is 0 Å². The summed E-state index contributed by atoms with van der Waals surface area (Å²) in [5.41, 5.74) is 29.6. The summed E-state index contributed by atoms with van der Waals surface area (Å²) in [6.45, 7) is 0. The zero-order valence-corrected chi connectivity index (χ0v) is 20.9. The van der Waals surface area contributed by atoms with Crippen molar-refractivity contribution in [2.75, 3.05) is 0 Å². The van der Waals surface area contributed by atoms with Crippen LogP contribution in [-0.2, 0) is 16.5 Å². The predicted molar refractivity (Wildman–Crippen MR) is 140 cm³/mol. The molecule has 36 heavy (non-hydrogen) atoms. The van der Waals surface area contributed by atoms with Gasteiger partial charge < -0.3 is 22.9 Å². The molecule has 0 amide bonds. The summed E-state index contributed by atoms with van der Waals surface area (Å²) in [7, 11) is 0. The number of rotatable bonds is 6. The quantitative estimate of drug-likeness (QED) is 0.145. The summed E-state index contributed by atoms with van der Waals surface area (Å²) in [5.74, 6) is 0. The smallest absolute Gasteiger partial charge is 0.0491 e. The Kier molecular flexibility index (Phi) is 15.1. The number of hydrogen-bond donors (Lipinski definition) is 7. The van der Waals surface area contributed by atoms with E-state index in [9.17, 15) is 0 Å². The minimum absolute atomic E-state index is 0. The third-order valence-electron chi connectivity index (χ3n) is 5.51. The van der Waals surface area contributed by atoms with Crippen LogP contribution in [0.4, 0.5) is 0 Å². The fraction of sp³-hybridized carbons (Fsp3) is 0.143. The van der Waals surface area contributed by atoms with Crippen LogP contribution in [0.25, 0.3) is 0 Å². The van der Waals surface area contributed by atoms with Gasteiger partial charge in [-0.1, -0.05) is 127 Å². The Balaban J connectivity index is 0.000000317. The van der Waals surface area contributed by atoms with Crippen molar-refractivity contribution in [3.63, 3.8) is 0 Å². The molecule has 0 heterocycles. The molecule has 4 rings (SSSR count). The summed E-state index contributed by atoms with van der Waals surface area (Å²) < 4.78 is 0. The van der Waals surface area contributed by atoms with Gasteiger partial charge in [0.2, 0.25) is 0 Å². The molecule has 194 valence electrons. The Morgan fingerprint density at radius 3 is 0.667 bits per heavy atom. The molecule has 4 unspecified atom stereocenters. The molecule has 0 radical (unpaired) electrons. The van der Waals surface area contributed by atoms with Crippen LogP contribution in [0.2, 0.25) is 0 Å². The van der Waals surface area contributed by atoms with E-state index in [4.69, 9.17) is 33.3 Å². The van der Waals surface area contributed by atoms with Crippen LogP contribution in [0.5, 0.6) is 0 Å². The topological polar surface area (TPSA) is 157 Å². The predicted octanol–water partition coefficient (Wildman–Crippen LogP) is 4.12. The first-order valence-electron chi connectivity index (χ1n) is 11.2. The zero-order chi connectivity index (χ0) is 25.5. The Hall–Kier alpha value is -2.91. The zero-order valence-electron chi connectivity index (χ0n) is 19.9. The molecule has 0 fully saturated rings. The van der Waals surface area contributed by atoms with Crippen molar-refractivity contribution in [2.45, 2.75) is 24.2 Å². The van der Waals surface area contributed by atoms with Gasteiger partial charge in [0.1, 0.15) is 0 Å². The maximum absolute atomic E-state index is 6.88. The van der Waals surface area contributed by atoms with Crippen LogP contribution in [0, 0.1) is 0 Å². The van der Waals surface area contributed by atoms with Crippen molar-refractivity contribution in [2.24, 2.45) is 22.9 Å².